The summed E-state index contributed by atoms with van der Waals surface area (Å²) in [6.07, 6.45) is 1.29. The van der Waals surface area contributed by atoms with E-state index in [2.05, 4.69) is 15.2 Å². The van der Waals surface area contributed by atoms with Crippen LogP contribution in [0.15, 0.2) is 72.1 Å². The van der Waals surface area contributed by atoms with Gasteiger partial charge in [-0.2, -0.15) is 0 Å². The molecule has 1 aliphatic rings. The van der Waals surface area contributed by atoms with Gasteiger partial charge in [-0.1, -0.05) is 48.5 Å². The highest BCUT2D eigenvalue weighted by molar-refractivity contribution is 7.12. The number of nitrogens with zero attached hydrogens (tertiary/aromatic N) is 3. The molecule has 1 saturated heterocycles. The summed E-state index contributed by atoms with van der Waals surface area (Å²) in [4.78, 5) is 39.2. The fraction of sp³-hybridized carbons (Fsp3) is 0.269. The number of fused-ring (bicyclic) bond motifs is 1. The molecule has 174 valence electrons. The van der Waals surface area contributed by atoms with Gasteiger partial charge in [-0.3, -0.25) is 9.59 Å². The molecule has 0 radical (unpaired) electrons. The summed E-state index contributed by atoms with van der Waals surface area (Å²) in [5, 5.41) is 4.86. The van der Waals surface area contributed by atoms with E-state index in [9.17, 15) is 9.59 Å². The minimum Gasteiger partial charge on any atom is -0.341 e. The van der Waals surface area contributed by atoms with Gasteiger partial charge in [-0.15, -0.1) is 11.3 Å². The van der Waals surface area contributed by atoms with Crippen LogP contribution < -0.4 is 10.2 Å². The van der Waals surface area contributed by atoms with E-state index < -0.39 is 6.04 Å². The predicted octanol–water partition coefficient (Wildman–Crippen LogP) is 3.70. The Morgan fingerprint density at radius 3 is 2.59 bits per heavy atom. The van der Waals surface area contributed by atoms with E-state index in [0.717, 1.165) is 35.5 Å². The first kappa shape index (κ1) is 22.2. The maximum atomic E-state index is 13.6. The van der Waals surface area contributed by atoms with Gasteiger partial charge in [-0.25, -0.2) is 4.98 Å². The number of carbonyl (C=O) groups is 2. The highest BCUT2D eigenvalue weighted by Gasteiger charge is 2.29. The Morgan fingerprint density at radius 1 is 0.971 bits per heavy atom. The minimum absolute atomic E-state index is 0.0415. The second-order valence-corrected chi connectivity index (χ2v) is 9.38. The summed E-state index contributed by atoms with van der Waals surface area (Å²) >= 11 is 1.38. The number of para-hydroxylation sites is 2. The smallest absolute Gasteiger partial charge is 0.262 e. The third-order valence-corrected chi connectivity index (χ3v) is 6.98. The number of nitrogens with one attached hydrogen (secondary N) is 2. The van der Waals surface area contributed by atoms with Gasteiger partial charge in [0, 0.05) is 32.6 Å². The quantitative estimate of drug-likeness (QED) is 0.447. The van der Waals surface area contributed by atoms with Crippen LogP contribution in [0.4, 0.5) is 5.95 Å². The van der Waals surface area contributed by atoms with Crippen molar-refractivity contribution in [2.24, 2.45) is 0 Å². The fourth-order valence-corrected chi connectivity index (χ4v) is 4.97. The molecule has 3 heterocycles. The summed E-state index contributed by atoms with van der Waals surface area (Å²) in [7, 11) is 0. The van der Waals surface area contributed by atoms with Gasteiger partial charge in [0.15, 0.2) is 0 Å². The lowest BCUT2D eigenvalue weighted by molar-refractivity contribution is -0.133. The molecule has 2 aromatic carbocycles. The van der Waals surface area contributed by atoms with Crippen LogP contribution in [0, 0.1) is 0 Å². The van der Waals surface area contributed by atoms with Crippen molar-refractivity contribution in [2.45, 2.75) is 18.9 Å². The summed E-state index contributed by atoms with van der Waals surface area (Å²) in [6, 6.07) is 20.8. The van der Waals surface area contributed by atoms with Crippen LogP contribution in [0.25, 0.3) is 11.0 Å². The first-order valence-corrected chi connectivity index (χ1v) is 12.4. The highest BCUT2D eigenvalue weighted by atomic mass is 32.1. The number of aromatic nitrogens is 2. The topological polar surface area (TPSA) is 81.3 Å². The molecule has 8 heteroatoms. The normalized spacial score (nSPS) is 15.2. The van der Waals surface area contributed by atoms with Gasteiger partial charge in [0.05, 0.1) is 15.9 Å². The van der Waals surface area contributed by atoms with E-state index in [4.69, 9.17) is 4.98 Å². The van der Waals surface area contributed by atoms with E-state index in [1.807, 2.05) is 70.9 Å². The summed E-state index contributed by atoms with van der Waals surface area (Å²) < 4.78 is 0. The number of hydrogen-bond acceptors (Lipinski definition) is 5. The van der Waals surface area contributed by atoms with Crippen LogP contribution in [0.3, 0.4) is 0 Å². The van der Waals surface area contributed by atoms with Crippen LogP contribution in [0.1, 0.15) is 21.7 Å². The Morgan fingerprint density at radius 2 is 1.79 bits per heavy atom. The van der Waals surface area contributed by atoms with E-state index in [-0.39, 0.29) is 11.8 Å². The monoisotopic (exact) mass is 473 g/mol. The number of rotatable bonds is 6. The van der Waals surface area contributed by atoms with Crippen molar-refractivity contribution in [3.05, 3.63) is 82.6 Å². The van der Waals surface area contributed by atoms with Crippen LogP contribution >= 0.6 is 11.3 Å². The van der Waals surface area contributed by atoms with Crippen molar-refractivity contribution in [3.8, 4) is 0 Å². The third kappa shape index (κ3) is 4.97. The molecular weight excluding hydrogens is 446 g/mol. The van der Waals surface area contributed by atoms with Gasteiger partial charge in [0.1, 0.15) is 6.04 Å². The molecule has 1 fully saturated rings. The molecule has 2 N–H and O–H groups in total. The number of anilines is 1. The fourth-order valence-electron chi connectivity index (χ4n) is 4.35. The number of H-pyrrole nitrogens is 1. The van der Waals surface area contributed by atoms with Crippen molar-refractivity contribution in [1.82, 2.24) is 20.2 Å². The van der Waals surface area contributed by atoms with E-state index in [1.54, 1.807) is 6.07 Å². The van der Waals surface area contributed by atoms with Gasteiger partial charge < -0.3 is 20.1 Å². The lowest BCUT2D eigenvalue weighted by atomic mass is 10.0. The average molecular weight is 474 g/mol. The molecule has 34 heavy (non-hydrogen) atoms. The van der Waals surface area contributed by atoms with Crippen molar-refractivity contribution >= 4 is 40.1 Å². The lowest BCUT2D eigenvalue weighted by Crippen LogP contribution is -2.50. The van der Waals surface area contributed by atoms with Crippen LogP contribution in [0.5, 0.6) is 0 Å². The second-order valence-electron chi connectivity index (χ2n) is 8.44. The molecule has 0 aliphatic carbocycles. The van der Waals surface area contributed by atoms with Crippen LogP contribution in [-0.2, 0) is 11.2 Å². The predicted molar refractivity (Wildman–Crippen MR) is 135 cm³/mol. The average Bonchev–Trinajstić information content (AvgIpc) is 3.49. The zero-order chi connectivity index (χ0) is 23.3. The Bertz CT molecular complexity index is 1220. The van der Waals surface area contributed by atoms with Crippen molar-refractivity contribution in [3.63, 3.8) is 0 Å². The van der Waals surface area contributed by atoms with E-state index in [0.29, 0.717) is 30.9 Å². The number of aromatic amines is 1. The molecule has 1 atom stereocenters. The Kier molecular flexibility index (Phi) is 6.58. The minimum atomic E-state index is -0.616. The largest absolute Gasteiger partial charge is 0.341 e. The molecule has 0 saturated carbocycles. The second kappa shape index (κ2) is 10.1. The van der Waals surface area contributed by atoms with Crippen molar-refractivity contribution in [1.29, 1.82) is 0 Å². The zero-order valence-electron chi connectivity index (χ0n) is 18.8. The molecule has 2 amide bonds. The Hall–Kier alpha value is -3.65. The van der Waals surface area contributed by atoms with Crippen molar-refractivity contribution < 1.29 is 9.59 Å². The molecule has 1 unspecified atom stereocenters. The van der Waals surface area contributed by atoms with Crippen LogP contribution in [-0.4, -0.2) is 58.9 Å². The molecule has 4 aromatic rings. The van der Waals surface area contributed by atoms with Crippen molar-refractivity contribution in [2.75, 3.05) is 31.1 Å². The van der Waals surface area contributed by atoms with Crippen LogP contribution in [0.2, 0.25) is 0 Å². The number of thiophene rings is 1. The summed E-state index contributed by atoms with van der Waals surface area (Å²) in [6.45, 7) is 2.72. The Labute approximate surface area is 202 Å². The molecule has 2 aromatic heterocycles. The van der Waals surface area contributed by atoms with Gasteiger partial charge in [-0.05, 0) is 35.6 Å². The third-order valence-electron chi connectivity index (χ3n) is 6.12. The Balaban J connectivity index is 1.30. The number of hydrogen-bond donors (Lipinski definition) is 2. The molecule has 0 bridgehead atoms. The van der Waals surface area contributed by atoms with Gasteiger partial charge in [0.25, 0.3) is 5.91 Å². The molecule has 0 spiro atoms. The SMILES string of the molecule is O=C(NC(Cc1ccccc1)C(=O)N1CCCN(c2nc3ccccc3[nH]2)CC1)c1cccs1. The standard InChI is InChI=1S/C26H27N5O2S/c32-24(23-12-6-17-34-23)27-22(18-19-8-2-1-3-9-19)25(33)30-13-7-14-31(16-15-30)26-28-20-10-4-5-11-21(20)29-26/h1-6,8-12,17,22H,7,13-16,18H2,(H,27,32)(H,28,29). The first-order chi connectivity index (χ1) is 16.7. The van der Waals surface area contributed by atoms with Gasteiger partial charge >= 0.3 is 0 Å². The molecular formula is C26H27N5O2S. The molecule has 1 aliphatic heterocycles. The maximum Gasteiger partial charge on any atom is 0.262 e. The number of benzene rings is 2. The number of imidazole rings is 1. The summed E-state index contributed by atoms with van der Waals surface area (Å²) in [5.74, 6) is 0.588. The number of amides is 2. The van der Waals surface area contributed by atoms with E-state index >= 15 is 0 Å². The molecule has 7 nitrogen and oxygen atoms in total. The summed E-state index contributed by atoms with van der Waals surface area (Å²) in [5.41, 5.74) is 2.97. The number of carbonyl (C=O) groups excluding carboxylic acids is 2. The van der Waals surface area contributed by atoms with E-state index in [1.165, 1.54) is 11.3 Å². The first-order valence-electron chi connectivity index (χ1n) is 11.5. The zero-order valence-corrected chi connectivity index (χ0v) is 19.6. The highest BCUT2D eigenvalue weighted by Crippen LogP contribution is 2.19. The maximum absolute atomic E-state index is 13.6. The lowest BCUT2D eigenvalue weighted by Gasteiger charge is -2.27. The molecule has 5 rings (SSSR count). The van der Waals surface area contributed by atoms with Gasteiger partial charge in [0.2, 0.25) is 11.9 Å².